The van der Waals surface area contributed by atoms with Crippen LogP contribution in [0.5, 0.6) is 0 Å². The normalized spacial score (nSPS) is 10.7. The second-order valence-electron chi connectivity index (χ2n) is 5.75. The molecular formula is C19H15N5O2. The first-order valence-electron chi connectivity index (χ1n) is 8.00. The number of aromatic nitrogens is 4. The van der Waals surface area contributed by atoms with Crippen molar-refractivity contribution in [1.82, 2.24) is 19.9 Å². The van der Waals surface area contributed by atoms with Crippen LogP contribution in [0, 0.1) is 6.92 Å². The van der Waals surface area contributed by atoms with Gasteiger partial charge in [-0.05, 0) is 25.1 Å². The summed E-state index contributed by atoms with van der Waals surface area (Å²) >= 11 is 0. The smallest absolute Gasteiger partial charge is 0.294 e. The molecule has 0 radical (unpaired) electrons. The number of anilines is 1. The Balaban J connectivity index is 1.47. The number of carbonyl (C=O) groups is 1. The molecule has 3 aromatic heterocycles. The fourth-order valence-electron chi connectivity index (χ4n) is 2.44. The minimum Gasteiger partial charge on any atom is -0.350 e. The summed E-state index contributed by atoms with van der Waals surface area (Å²) < 4.78 is 6.80. The van der Waals surface area contributed by atoms with Gasteiger partial charge in [-0.2, -0.15) is 5.10 Å². The molecule has 0 fully saturated rings. The minimum absolute atomic E-state index is 0.136. The highest BCUT2D eigenvalue weighted by Gasteiger charge is 2.14. The van der Waals surface area contributed by atoms with Gasteiger partial charge < -0.3 is 9.84 Å². The number of rotatable bonds is 4. The van der Waals surface area contributed by atoms with Crippen molar-refractivity contribution in [3.05, 3.63) is 78.4 Å². The van der Waals surface area contributed by atoms with Crippen LogP contribution in [0.15, 0.2) is 71.6 Å². The highest BCUT2D eigenvalue weighted by molar-refractivity contribution is 6.02. The van der Waals surface area contributed by atoms with E-state index < -0.39 is 0 Å². The number of aryl methyl sites for hydroxylation is 1. The van der Waals surface area contributed by atoms with Crippen molar-refractivity contribution in [2.45, 2.75) is 6.92 Å². The van der Waals surface area contributed by atoms with Crippen molar-refractivity contribution in [3.63, 3.8) is 0 Å². The molecule has 0 aliphatic heterocycles. The van der Waals surface area contributed by atoms with Crippen molar-refractivity contribution in [3.8, 4) is 17.1 Å². The Morgan fingerprint density at radius 3 is 2.69 bits per heavy atom. The van der Waals surface area contributed by atoms with Crippen LogP contribution in [0.2, 0.25) is 0 Å². The van der Waals surface area contributed by atoms with Crippen molar-refractivity contribution >= 4 is 11.6 Å². The van der Waals surface area contributed by atoms with Crippen molar-refractivity contribution in [2.24, 2.45) is 0 Å². The van der Waals surface area contributed by atoms with Crippen molar-refractivity contribution < 1.29 is 9.32 Å². The third-order valence-corrected chi connectivity index (χ3v) is 3.83. The summed E-state index contributed by atoms with van der Waals surface area (Å²) in [6, 6.07) is 14.8. The van der Waals surface area contributed by atoms with E-state index >= 15 is 0 Å². The SMILES string of the molecule is Cc1ccc(-c2cc(C(=O)Nc3ccc(-n4cccn4)nc3)on2)cc1. The lowest BCUT2D eigenvalue weighted by atomic mass is 10.1. The molecule has 26 heavy (non-hydrogen) atoms. The maximum atomic E-state index is 12.3. The Morgan fingerprint density at radius 2 is 2.00 bits per heavy atom. The quantitative estimate of drug-likeness (QED) is 0.612. The molecule has 0 aliphatic carbocycles. The molecule has 7 nitrogen and oxygen atoms in total. The van der Waals surface area contributed by atoms with Crippen LogP contribution in [-0.4, -0.2) is 25.8 Å². The van der Waals surface area contributed by atoms with E-state index in [1.54, 1.807) is 41.5 Å². The number of hydrogen-bond acceptors (Lipinski definition) is 5. The molecule has 0 spiro atoms. The third kappa shape index (κ3) is 3.23. The number of amides is 1. The Labute approximate surface area is 149 Å². The monoisotopic (exact) mass is 345 g/mol. The van der Waals surface area contributed by atoms with E-state index in [1.807, 2.05) is 37.3 Å². The molecule has 1 N–H and O–H groups in total. The maximum absolute atomic E-state index is 12.3. The fourth-order valence-corrected chi connectivity index (χ4v) is 2.44. The second kappa shape index (κ2) is 6.64. The van der Waals surface area contributed by atoms with E-state index in [2.05, 4.69) is 20.6 Å². The lowest BCUT2D eigenvalue weighted by Crippen LogP contribution is -2.11. The van der Waals surface area contributed by atoms with E-state index in [0.29, 0.717) is 17.2 Å². The zero-order chi connectivity index (χ0) is 17.9. The molecule has 7 heteroatoms. The van der Waals surface area contributed by atoms with Gasteiger partial charge in [-0.25, -0.2) is 9.67 Å². The van der Waals surface area contributed by atoms with Gasteiger partial charge >= 0.3 is 0 Å². The van der Waals surface area contributed by atoms with Gasteiger partial charge in [0.05, 0.1) is 11.9 Å². The molecule has 1 aromatic carbocycles. The van der Waals surface area contributed by atoms with E-state index in [-0.39, 0.29) is 11.7 Å². The van der Waals surface area contributed by atoms with Gasteiger partial charge in [0.25, 0.3) is 5.91 Å². The first-order valence-corrected chi connectivity index (χ1v) is 8.00. The zero-order valence-electron chi connectivity index (χ0n) is 14.0. The van der Waals surface area contributed by atoms with E-state index in [1.165, 1.54) is 0 Å². The summed E-state index contributed by atoms with van der Waals surface area (Å²) in [5.41, 5.74) is 3.21. The first-order chi connectivity index (χ1) is 12.7. The first kappa shape index (κ1) is 15.8. The van der Waals surface area contributed by atoms with Gasteiger partial charge in [-0.3, -0.25) is 4.79 Å². The summed E-state index contributed by atoms with van der Waals surface area (Å²) in [5.74, 6) is 0.413. The molecule has 0 unspecified atom stereocenters. The van der Waals surface area contributed by atoms with Crippen molar-refractivity contribution in [2.75, 3.05) is 5.32 Å². The largest absolute Gasteiger partial charge is 0.350 e. The number of benzene rings is 1. The summed E-state index contributed by atoms with van der Waals surface area (Å²) in [5, 5.41) is 10.8. The molecule has 4 aromatic rings. The highest BCUT2D eigenvalue weighted by atomic mass is 16.5. The summed E-state index contributed by atoms with van der Waals surface area (Å²) in [7, 11) is 0. The van der Waals surface area contributed by atoms with Gasteiger partial charge in [0.2, 0.25) is 5.76 Å². The van der Waals surface area contributed by atoms with E-state index in [9.17, 15) is 4.79 Å². The molecule has 0 bridgehead atoms. The fraction of sp³-hybridized carbons (Fsp3) is 0.0526. The van der Waals surface area contributed by atoms with Crippen LogP contribution in [0.1, 0.15) is 16.1 Å². The zero-order valence-corrected chi connectivity index (χ0v) is 14.0. The molecule has 3 heterocycles. The average Bonchev–Trinajstić information content (AvgIpc) is 3.35. The Hall–Kier alpha value is -3.74. The van der Waals surface area contributed by atoms with E-state index in [0.717, 1.165) is 11.1 Å². The summed E-state index contributed by atoms with van der Waals surface area (Å²) in [4.78, 5) is 16.6. The molecular weight excluding hydrogens is 330 g/mol. The van der Waals surface area contributed by atoms with Crippen LogP contribution < -0.4 is 5.32 Å². The van der Waals surface area contributed by atoms with Gasteiger partial charge in [0.15, 0.2) is 5.82 Å². The van der Waals surface area contributed by atoms with Crippen LogP contribution in [-0.2, 0) is 0 Å². The number of hydrogen-bond donors (Lipinski definition) is 1. The molecule has 4 rings (SSSR count). The van der Waals surface area contributed by atoms with Crippen LogP contribution in [0.3, 0.4) is 0 Å². The molecule has 1 amide bonds. The molecule has 128 valence electrons. The molecule has 0 atom stereocenters. The molecule has 0 saturated carbocycles. The van der Waals surface area contributed by atoms with Crippen LogP contribution in [0.4, 0.5) is 5.69 Å². The third-order valence-electron chi connectivity index (χ3n) is 3.83. The van der Waals surface area contributed by atoms with Crippen molar-refractivity contribution in [1.29, 1.82) is 0 Å². The second-order valence-corrected chi connectivity index (χ2v) is 5.75. The summed E-state index contributed by atoms with van der Waals surface area (Å²) in [6.07, 6.45) is 5.03. The Morgan fingerprint density at radius 1 is 1.15 bits per heavy atom. The Kier molecular flexibility index (Phi) is 4.03. The predicted octanol–water partition coefficient (Wildman–Crippen LogP) is 3.48. The number of nitrogens with zero attached hydrogens (tertiary/aromatic N) is 4. The van der Waals surface area contributed by atoms with Crippen LogP contribution in [0.25, 0.3) is 17.1 Å². The molecule has 0 aliphatic rings. The number of pyridine rings is 1. The maximum Gasteiger partial charge on any atom is 0.294 e. The predicted molar refractivity (Wildman–Crippen MR) is 96.0 cm³/mol. The lowest BCUT2D eigenvalue weighted by Gasteiger charge is -2.04. The standard InChI is InChI=1S/C19H15N5O2/c1-13-3-5-14(6-4-13)16-11-17(26-23-16)19(25)22-15-7-8-18(20-12-15)24-10-2-9-21-24/h2-12H,1H3,(H,22,25). The molecule has 0 saturated heterocycles. The summed E-state index contributed by atoms with van der Waals surface area (Å²) in [6.45, 7) is 2.01. The van der Waals surface area contributed by atoms with Gasteiger partial charge in [-0.1, -0.05) is 35.0 Å². The Bertz CT molecular complexity index is 1020. The van der Waals surface area contributed by atoms with Crippen LogP contribution >= 0.6 is 0 Å². The number of carbonyl (C=O) groups excluding carboxylic acids is 1. The van der Waals surface area contributed by atoms with Gasteiger partial charge in [-0.15, -0.1) is 0 Å². The topological polar surface area (TPSA) is 85.8 Å². The average molecular weight is 345 g/mol. The van der Waals surface area contributed by atoms with Gasteiger partial charge in [0.1, 0.15) is 5.69 Å². The van der Waals surface area contributed by atoms with E-state index in [4.69, 9.17) is 4.52 Å². The minimum atomic E-state index is -0.385. The highest BCUT2D eigenvalue weighted by Crippen LogP contribution is 2.20. The van der Waals surface area contributed by atoms with Gasteiger partial charge in [0, 0.05) is 24.0 Å². The number of nitrogens with one attached hydrogen (secondary N) is 1. The lowest BCUT2D eigenvalue weighted by molar-refractivity contribution is 0.0988.